The molecule has 1 aromatic carbocycles. The van der Waals surface area contributed by atoms with Crippen molar-refractivity contribution >= 4 is 22.7 Å². The van der Waals surface area contributed by atoms with E-state index in [4.69, 9.17) is 4.74 Å². The highest BCUT2D eigenvalue weighted by atomic mass is 16.6. The summed E-state index contributed by atoms with van der Waals surface area (Å²) < 4.78 is 5.51. The zero-order valence-electron chi connectivity index (χ0n) is 15.1. The topological polar surface area (TPSA) is 45.7 Å². The first kappa shape index (κ1) is 16.2. The maximum absolute atomic E-state index is 12.3. The summed E-state index contributed by atoms with van der Waals surface area (Å²) in [5, 5.41) is 1.17. The number of aromatic nitrogens is 1. The summed E-state index contributed by atoms with van der Waals surface area (Å²) >= 11 is 0. The average Bonchev–Trinajstić information content (AvgIpc) is 3.11. The molecule has 5 heteroatoms. The highest BCUT2D eigenvalue weighted by Gasteiger charge is 2.42. The SMILES string of the molecule is CC(C)(C)OC(=O)N1CC2CN(c3cnc4ccccc4c3)CC2C1. The van der Waals surface area contributed by atoms with Crippen LogP contribution in [-0.2, 0) is 4.74 Å². The van der Waals surface area contributed by atoms with E-state index in [1.165, 1.54) is 11.1 Å². The minimum absolute atomic E-state index is 0.180. The second-order valence-corrected chi connectivity index (χ2v) is 8.20. The number of nitrogens with zero attached hydrogens (tertiary/aromatic N) is 3. The van der Waals surface area contributed by atoms with Crippen LogP contribution in [0, 0.1) is 11.8 Å². The Bertz CT molecular complexity index is 785. The van der Waals surface area contributed by atoms with Crippen LogP contribution >= 0.6 is 0 Å². The standard InChI is InChI=1S/C20H25N3O2/c1-20(2,3)25-19(24)23-12-15-10-22(11-16(15)13-23)17-8-14-6-4-5-7-18(14)21-9-17/h4-9,15-16H,10-13H2,1-3H3. The molecule has 1 amide bonds. The third-order valence-corrected chi connectivity index (χ3v) is 5.08. The fraction of sp³-hybridized carbons (Fsp3) is 0.500. The molecular weight excluding hydrogens is 314 g/mol. The number of rotatable bonds is 1. The van der Waals surface area contributed by atoms with Gasteiger partial charge in [0.2, 0.25) is 0 Å². The van der Waals surface area contributed by atoms with E-state index in [9.17, 15) is 4.79 Å². The van der Waals surface area contributed by atoms with Crippen LogP contribution in [0.5, 0.6) is 0 Å². The fourth-order valence-electron chi connectivity index (χ4n) is 3.91. The largest absolute Gasteiger partial charge is 0.444 e. The zero-order chi connectivity index (χ0) is 17.6. The molecule has 132 valence electrons. The highest BCUT2D eigenvalue weighted by molar-refractivity contribution is 5.81. The Hall–Kier alpha value is -2.30. The zero-order valence-corrected chi connectivity index (χ0v) is 15.1. The van der Waals surface area contributed by atoms with Crippen molar-refractivity contribution in [2.45, 2.75) is 26.4 Å². The number of anilines is 1. The molecule has 25 heavy (non-hydrogen) atoms. The number of pyridine rings is 1. The quantitative estimate of drug-likeness (QED) is 0.797. The van der Waals surface area contributed by atoms with Gasteiger partial charge in [-0.15, -0.1) is 0 Å². The van der Waals surface area contributed by atoms with E-state index in [1.54, 1.807) is 0 Å². The molecular formula is C20H25N3O2. The highest BCUT2D eigenvalue weighted by Crippen LogP contribution is 2.35. The lowest BCUT2D eigenvalue weighted by molar-refractivity contribution is 0.0282. The summed E-state index contributed by atoms with van der Waals surface area (Å²) in [5.41, 5.74) is 1.77. The van der Waals surface area contributed by atoms with Gasteiger partial charge in [-0.25, -0.2) is 4.79 Å². The summed E-state index contributed by atoms with van der Waals surface area (Å²) in [6, 6.07) is 10.4. The van der Waals surface area contributed by atoms with E-state index < -0.39 is 5.60 Å². The maximum Gasteiger partial charge on any atom is 0.410 e. The van der Waals surface area contributed by atoms with Crippen molar-refractivity contribution in [2.75, 3.05) is 31.1 Å². The van der Waals surface area contributed by atoms with Gasteiger partial charge < -0.3 is 14.5 Å². The Morgan fingerprint density at radius 2 is 1.80 bits per heavy atom. The smallest absolute Gasteiger partial charge is 0.410 e. The van der Waals surface area contributed by atoms with E-state index in [-0.39, 0.29) is 6.09 Å². The molecule has 2 saturated heterocycles. The second-order valence-electron chi connectivity index (χ2n) is 8.20. The van der Waals surface area contributed by atoms with Crippen LogP contribution in [0.25, 0.3) is 10.9 Å². The number of para-hydroxylation sites is 1. The molecule has 0 saturated carbocycles. The second kappa shape index (κ2) is 5.90. The van der Waals surface area contributed by atoms with Gasteiger partial charge in [-0.1, -0.05) is 18.2 Å². The van der Waals surface area contributed by atoms with Crippen LogP contribution in [0.15, 0.2) is 36.5 Å². The van der Waals surface area contributed by atoms with E-state index in [0.29, 0.717) is 11.8 Å². The number of carbonyl (C=O) groups excluding carboxylic acids is 1. The summed E-state index contributed by atoms with van der Waals surface area (Å²) in [6.45, 7) is 9.27. The molecule has 0 radical (unpaired) electrons. The maximum atomic E-state index is 12.3. The molecule has 1 aromatic heterocycles. The lowest BCUT2D eigenvalue weighted by Gasteiger charge is -2.26. The van der Waals surface area contributed by atoms with Crippen LogP contribution in [0.4, 0.5) is 10.5 Å². The van der Waals surface area contributed by atoms with E-state index in [2.05, 4.69) is 22.0 Å². The first-order valence-corrected chi connectivity index (χ1v) is 8.97. The Balaban J connectivity index is 1.42. The van der Waals surface area contributed by atoms with Crippen LogP contribution < -0.4 is 4.90 Å². The monoisotopic (exact) mass is 339 g/mol. The van der Waals surface area contributed by atoms with Crippen LogP contribution in [0.2, 0.25) is 0 Å². The Kier molecular flexibility index (Phi) is 3.82. The van der Waals surface area contributed by atoms with Gasteiger partial charge in [0.25, 0.3) is 0 Å². The minimum Gasteiger partial charge on any atom is -0.444 e. The average molecular weight is 339 g/mol. The number of likely N-dealkylation sites (tertiary alicyclic amines) is 1. The summed E-state index contributed by atoms with van der Waals surface area (Å²) in [7, 11) is 0. The molecule has 2 aliphatic heterocycles. The van der Waals surface area contributed by atoms with Gasteiger partial charge in [0, 0.05) is 43.4 Å². The third kappa shape index (κ3) is 3.28. The predicted octanol–water partition coefficient (Wildman–Crippen LogP) is 3.54. The number of hydrogen-bond acceptors (Lipinski definition) is 4. The van der Waals surface area contributed by atoms with Crippen molar-refractivity contribution in [3.63, 3.8) is 0 Å². The first-order valence-electron chi connectivity index (χ1n) is 8.97. The van der Waals surface area contributed by atoms with Gasteiger partial charge in [-0.3, -0.25) is 4.98 Å². The van der Waals surface area contributed by atoms with Crippen LogP contribution in [0.3, 0.4) is 0 Å². The molecule has 2 atom stereocenters. The minimum atomic E-state index is -0.433. The van der Waals surface area contributed by atoms with Gasteiger partial charge in [-0.2, -0.15) is 0 Å². The number of fused-ring (bicyclic) bond motifs is 2. The van der Waals surface area contributed by atoms with Crippen molar-refractivity contribution in [1.82, 2.24) is 9.88 Å². The molecule has 5 nitrogen and oxygen atoms in total. The molecule has 2 fully saturated rings. The van der Waals surface area contributed by atoms with Crippen molar-refractivity contribution in [3.05, 3.63) is 36.5 Å². The van der Waals surface area contributed by atoms with Crippen molar-refractivity contribution in [2.24, 2.45) is 11.8 Å². The molecule has 0 aliphatic carbocycles. The number of ether oxygens (including phenoxy) is 1. The Morgan fingerprint density at radius 1 is 1.12 bits per heavy atom. The van der Waals surface area contributed by atoms with Gasteiger partial charge in [-0.05, 0) is 32.9 Å². The third-order valence-electron chi connectivity index (χ3n) is 5.08. The fourth-order valence-corrected chi connectivity index (χ4v) is 3.91. The van der Waals surface area contributed by atoms with Crippen molar-refractivity contribution in [3.8, 4) is 0 Å². The summed E-state index contributed by atoms with van der Waals surface area (Å²) in [4.78, 5) is 21.1. The lowest BCUT2D eigenvalue weighted by atomic mass is 10.0. The number of hydrogen-bond donors (Lipinski definition) is 0. The molecule has 0 N–H and O–H groups in total. The predicted molar refractivity (Wildman–Crippen MR) is 98.7 cm³/mol. The molecule has 2 unspecified atom stereocenters. The van der Waals surface area contributed by atoms with Gasteiger partial charge in [0.05, 0.1) is 17.4 Å². The van der Waals surface area contributed by atoms with E-state index >= 15 is 0 Å². The molecule has 4 rings (SSSR count). The Morgan fingerprint density at radius 3 is 2.48 bits per heavy atom. The lowest BCUT2D eigenvalue weighted by Crippen LogP contribution is -2.37. The number of carbonyl (C=O) groups is 1. The van der Waals surface area contributed by atoms with Crippen molar-refractivity contribution in [1.29, 1.82) is 0 Å². The Labute approximate surface area is 148 Å². The van der Waals surface area contributed by atoms with Crippen LogP contribution in [0.1, 0.15) is 20.8 Å². The molecule has 2 aromatic rings. The number of amides is 1. The van der Waals surface area contributed by atoms with Gasteiger partial charge >= 0.3 is 6.09 Å². The first-order chi connectivity index (χ1) is 11.9. The van der Waals surface area contributed by atoms with Gasteiger partial charge in [0.1, 0.15) is 5.60 Å². The van der Waals surface area contributed by atoms with Gasteiger partial charge in [0.15, 0.2) is 0 Å². The summed E-state index contributed by atoms with van der Waals surface area (Å²) in [6.07, 6.45) is 1.79. The normalized spacial score (nSPS) is 23.2. The molecule has 0 bridgehead atoms. The summed E-state index contributed by atoms with van der Waals surface area (Å²) in [5.74, 6) is 1.03. The number of benzene rings is 1. The van der Waals surface area contributed by atoms with Crippen molar-refractivity contribution < 1.29 is 9.53 Å². The molecule has 0 spiro atoms. The molecule has 2 aliphatic rings. The van der Waals surface area contributed by atoms with E-state index in [0.717, 1.165) is 31.7 Å². The molecule has 3 heterocycles. The van der Waals surface area contributed by atoms with Crippen LogP contribution in [-0.4, -0.2) is 47.8 Å². The van der Waals surface area contributed by atoms with E-state index in [1.807, 2.05) is 50.1 Å².